The van der Waals surface area contributed by atoms with Crippen molar-refractivity contribution in [2.45, 2.75) is 5.88 Å². The summed E-state index contributed by atoms with van der Waals surface area (Å²) in [5.74, 6) is 0.357. The fraction of sp³-hybridized carbons (Fsp3) is 0.125. The largest absolute Gasteiger partial charge is 0.507 e. The van der Waals surface area contributed by atoms with Crippen LogP contribution in [0.15, 0.2) is 18.2 Å². The topological polar surface area (TPSA) is 44.0 Å². The van der Waals surface area contributed by atoms with Crippen LogP contribution in [-0.2, 0) is 5.88 Å². The molecule has 11 heavy (non-hydrogen) atoms. The van der Waals surface area contributed by atoms with E-state index in [2.05, 4.69) is 0 Å². The number of phenolic OH excluding ortho intramolecular Hbond substituents is 1. The minimum Gasteiger partial charge on any atom is -0.507 e. The molecule has 0 atom stereocenters. The van der Waals surface area contributed by atoms with E-state index in [1.54, 1.807) is 12.1 Å². The summed E-state index contributed by atoms with van der Waals surface area (Å²) in [6, 6.07) is 6.59. The quantitative estimate of drug-likeness (QED) is 0.651. The smallest absolute Gasteiger partial charge is 0.133 e. The minimum atomic E-state index is 0.00127. The van der Waals surface area contributed by atoms with Crippen molar-refractivity contribution in [2.24, 2.45) is 0 Å². The highest BCUT2D eigenvalue weighted by Crippen LogP contribution is 2.17. The molecule has 0 unspecified atom stereocenters. The summed E-state index contributed by atoms with van der Waals surface area (Å²) in [5, 5.41) is 17.6. The van der Waals surface area contributed by atoms with Crippen LogP contribution in [-0.4, -0.2) is 5.11 Å². The number of halogens is 1. The van der Waals surface area contributed by atoms with Crippen LogP contribution in [0.25, 0.3) is 0 Å². The molecule has 1 rings (SSSR count). The second-order valence-corrected chi connectivity index (χ2v) is 2.36. The highest BCUT2D eigenvalue weighted by atomic mass is 35.5. The summed E-state index contributed by atoms with van der Waals surface area (Å²) in [6.07, 6.45) is 0. The van der Waals surface area contributed by atoms with Gasteiger partial charge in [-0.1, -0.05) is 6.07 Å². The van der Waals surface area contributed by atoms with Crippen LogP contribution in [0.5, 0.6) is 5.75 Å². The molecule has 1 aromatic carbocycles. The number of hydrogen-bond donors (Lipinski definition) is 1. The molecular weight excluding hydrogens is 162 g/mol. The zero-order chi connectivity index (χ0) is 8.27. The lowest BCUT2D eigenvalue weighted by Crippen LogP contribution is -1.80. The first-order chi connectivity index (χ1) is 5.27. The van der Waals surface area contributed by atoms with Gasteiger partial charge in [-0.2, -0.15) is 5.26 Å². The first-order valence-electron chi connectivity index (χ1n) is 3.06. The molecule has 0 aliphatic rings. The molecule has 3 heteroatoms. The van der Waals surface area contributed by atoms with E-state index in [1.807, 2.05) is 6.07 Å². The third kappa shape index (κ3) is 1.63. The SMILES string of the molecule is N#Cc1cc(CCl)ccc1O. The van der Waals surface area contributed by atoms with Crippen molar-refractivity contribution in [1.82, 2.24) is 0 Å². The third-order valence-corrected chi connectivity index (χ3v) is 1.64. The lowest BCUT2D eigenvalue weighted by Gasteiger charge is -1.97. The zero-order valence-corrected chi connectivity index (χ0v) is 6.47. The maximum Gasteiger partial charge on any atom is 0.133 e. The van der Waals surface area contributed by atoms with Crippen molar-refractivity contribution >= 4 is 11.6 Å². The molecule has 0 fully saturated rings. The molecule has 0 bridgehead atoms. The van der Waals surface area contributed by atoms with Gasteiger partial charge < -0.3 is 5.11 Å². The highest BCUT2D eigenvalue weighted by molar-refractivity contribution is 6.17. The number of benzene rings is 1. The standard InChI is InChI=1S/C8H6ClNO/c9-4-6-1-2-8(11)7(3-6)5-10/h1-3,11H,4H2. The summed E-state index contributed by atoms with van der Waals surface area (Å²) in [4.78, 5) is 0. The van der Waals surface area contributed by atoms with Crippen molar-refractivity contribution in [3.63, 3.8) is 0 Å². The minimum absolute atomic E-state index is 0.00127. The molecule has 0 saturated carbocycles. The van der Waals surface area contributed by atoms with Crippen LogP contribution in [0.1, 0.15) is 11.1 Å². The second kappa shape index (κ2) is 3.27. The van der Waals surface area contributed by atoms with Gasteiger partial charge in [-0.15, -0.1) is 11.6 Å². The Morgan fingerprint density at radius 3 is 2.82 bits per heavy atom. The average Bonchev–Trinajstić information content (AvgIpc) is 2.05. The highest BCUT2D eigenvalue weighted by Gasteiger charge is 1.99. The van der Waals surface area contributed by atoms with Crippen LogP contribution in [0.2, 0.25) is 0 Å². The normalized spacial score (nSPS) is 9.09. The van der Waals surface area contributed by atoms with Gasteiger partial charge in [0.05, 0.1) is 5.56 Å². The van der Waals surface area contributed by atoms with E-state index < -0.39 is 0 Å². The van der Waals surface area contributed by atoms with Crippen LogP contribution in [0.4, 0.5) is 0 Å². The Bertz CT molecular complexity index is 303. The van der Waals surface area contributed by atoms with E-state index in [0.717, 1.165) is 5.56 Å². The fourth-order valence-electron chi connectivity index (χ4n) is 0.756. The van der Waals surface area contributed by atoms with E-state index in [9.17, 15) is 0 Å². The molecule has 0 aliphatic heterocycles. The van der Waals surface area contributed by atoms with Gasteiger partial charge in [0.25, 0.3) is 0 Å². The predicted octanol–water partition coefficient (Wildman–Crippen LogP) is 2.00. The van der Waals surface area contributed by atoms with Gasteiger partial charge in [0.1, 0.15) is 11.8 Å². The van der Waals surface area contributed by atoms with Crippen LogP contribution in [0.3, 0.4) is 0 Å². The molecule has 0 spiro atoms. The molecule has 0 radical (unpaired) electrons. The molecule has 0 amide bonds. The number of hydrogen-bond acceptors (Lipinski definition) is 2. The Morgan fingerprint density at radius 2 is 2.27 bits per heavy atom. The average molecular weight is 168 g/mol. The number of nitriles is 1. The first-order valence-corrected chi connectivity index (χ1v) is 3.59. The van der Waals surface area contributed by atoms with Crippen molar-refractivity contribution in [2.75, 3.05) is 0 Å². The number of aromatic hydroxyl groups is 1. The van der Waals surface area contributed by atoms with Gasteiger partial charge in [-0.05, 0) is 17.7 Å². The van der Waals surface area contributed by atoms with Crippen LogP contribution < -0.4 is 0 Å². The Balaban J connectivity index is 3.15. The molecule has 1 aromatic rings. The molecule has 0 aromatic heterocycles. The van der Waals surface area contributed by atoms with Crippen molar-refractivity contribution in [1.29, 1.82) is 5.26 Å². The maximum absolute atomic E-state index is 9.06. The Morgan fingerprint density at radius 1 is 1.55 bits per heavy atom. The Hall–Kier alpha value is -1.20. The van der Waals surface area contributed by atoms with Gasteiger partial charge in [-0.25, -0.2) is 0 Å². The van der Waals surface area contributed by atoms with E-state index in [0.29, 0.717) is 5.88 Å². The monoisotopic (exact) mass is 167 g/mol. The van der Waals surface area contributed by atoms with Gasteiger partial charge >= 0.3 is 0 Å². The Kier molecular flexibility index (Phi) is 2.35. The molecule has 1 N–H and O–H groups in total. The number of nitrogens with zero attached hydrogens (tertiary/aromatic N) is 1. The van der Waals surface area contributed by atoms with Crippen molar-refractivity contribution < 1.29 is 5.11 Å². The molecule has 56 valence electrons. The fourth-order valence-corrected chi connectivity index (χ4v) is 0.922. The van der Waals surface area contributed by atoms with Crippen molar-refractivity contribution in [3.8, 4) is 11.8 Å². The predicted molar refractivity (Wildman–Crippen MR) is 42.4 cm³/mol. The van der Waals surface area contributed by atoms with Crippen LogP contribution >= 0.6 is 11.6 Å². The van der Waals surface area contributed by atoms with Gasteiger partial charge in [0, 0.05) is 5.88 Å². The van der Waals surface area contributed by atoms with Gasteiger partial charge in [0.15, 0.2) is 0 Å². The number of phenols is 1. The molecule has 0 aliphatic carbocycles. The van der Waals surface area contributed by atoms with E-state index in [1.165, 1.54) is 6.07 Å². The maximum atomic E-state index is 9.06. The molecule has 0 saturated heterocycles. The number of alkyl halides is 1. The van der Waals surface area contributed by atoms with Crippen molar-refractivity contribution in [3.05, 3.63) is 29.3 Å². The summed E-state index contributed by atoms with van der Waals surface area (Å²) in [5.41, 5.74) is 1.10. The Labute approximate surface area is 69.7 Å². The molecule has 2 nitrogen and oxygen atoms in total. The van der Waals surface area contributed by atoms with Crippen LogP contribution in [0, 0.1) is 11.3 Å². The van der Waals surface area contributed by atoms with E-state index in [-0.39, 0.29) is 11.3 Å². The van der Waals surface area contributed by atoms with E-state index in [4.69, 9.17) is 22.0 Å². The van der Waals surface area contributed by atoms with Gasteiger partial charge in [-0.3, -0.25) is 0 Å². The first kappa shape index (κ1) is 7.90. The number of rotatable bonds is 1. The summed E-state index contributed by atoms with van der Waals surface area (Å²) >= 11 is 5.52. The molecule has 0 heterocycles. The molecular formula is C8H6ClNO. The lowest BCUT2D eigenvalue weighted by molar-refractivity contribution is 0.473. The second-order valence-electron chi connectivity index (χ2n) is 2.10. The zero-order valence-electron chi connectivity index (χ0n) is 5.71. The third-order valence-electron chi connectivity index (χ3n) is 1.34. The summed E-state index contributed by atoms with van der Waals surface area (Å²) in [7, 11) is 0. The summed E-state index contributed by atoms with van der Waals surface area (Å²) < 4.78 is 0. The van der Waals surface area contributed by atoms with Gasteiger partial charge in [0.2, 0.25) is 0 Å². The van der Waals surface area contributed by atoms with E-state index >= 15 is 0 Å². The lowest BCUT2D eigenvalue weighted by atomic mass is 10.1. The summed E-state index contributed by atoms with van der Waals surface area (Å²) in [6.45, 7) is 0.